The first-order valence-corrected chi connectivity index (χ1v) is 10.5. The first-order chi connectivity index (χ1) is 14.5. The maximum Gasteiger partial charge on any atom is 0.431 e. The van der Waals surface area contributed by atoms with E-state index in [1.807, 2.05) is 12.1 Å². The van der Waals surface area contributed by atoms with Gasteiger partial charge in [-0.15, -0.1) is 0 Å². The summed E-state index contributed by atoms with van der Waals surface area (Å²) in [5.74, 6) is 0.440. The maximum atomic E-state index is 13.2. The van der Waals surface area contributed by atoms with Crippen LogP contribution in [0.2, 0.25) is 0 Å². The number of likely N-dealkylation sites (tertiary alicyclic amines) is 1. The highest BCUT2D eigenvalue weighted by Crippen LogP contribution is 2.38. The fourth-order valence-electron chi connectivity index (χ4n) is 4.91. The molecule has 2 atom stereocenters. The van der Waals surface area contributed by atoms with Gasteiger partial charge in [0.05, 0.1) is 11.4 Å². The molecule has 158 valence electrons. The molecule has 2 N–H and O–H groups in total. The van der Waals surface area contributed by atoms with Gasteiger partial charge >= 0.3 is 6.18 Å². The average molecular weight is 415 g/mol. The molecular weight excluding hydrogens is 391 g/mol. The van der Waals surface area contributed by atoms with E-state index in [0.29, 0.717) is 11.2 Å². The summed E-state index contributed by atoms with van der Waals surface area (Å²) in [5.41, 5.74) is 1.88. The van der Waals surface area contributed by atoms with Crippen molar-refractivity contribution in [2.75, 3.05) is 18.4 Å². The lowest BCUT2D eigenvalue weighted by Crippen LogP contribution is -2.47. The number of aromatic nitrogens is 3. The van der Waals surface area contributed by atoms with Crippen molar-refractivity contribution in [2.24, 2.45) is 0 Å². The summed E-state index contributed by atoms with van der Waals surface area (Å²) in [6.07, 6.45) is 2.53. The Balaban J connectivity index is 1.54. The maximum absolute atomic E-state index is 13.2. The highest BCUT2D eigenvalue weighted by atomic mass is 19.4. The minimum Gasteiger partial charge on any atom is -0.361 e. The zero-order chi connectivity index (χ0) is 20.7. The third kappa shape index (κ3) is 3.53. The first kappa shape index (κ1) is 19.4. The summed E-state index contributed by atoms with van der Waals surface area (Å²) < 4.78 is 39.6. The highest BCUT2D eigenvalue weighted by Gasteiger charge is 2.36. The third-order valence-electron chi connectivity index (χ3n) is 6.37. The molecule has 8 heteroatoms. The van der Waals surface area contributed by atoms with Crippen LogP contribution in [-0.2, 0) is 12.6 Å². The minimum atomic E-state index is -4.45. The number of hydrogen-bond acceptors (Lipinski definition) is 4. The number of alkyl halides is 3. The number of anilines is 1. The summed E-state index contributed by atoms with van der Waals surface area (Å²) in [6, 6.07) is 9.69. The van der Waals surface area contributed by atoms with E-state index in [2.05, 4.69) is 37.3 Å². The molecule has 5 nitrogen and oxygen atoms in total. The first-order valence-electron chi connectivity index (χ1n) is 10.5. The van der Waals surface area contributed by atoms with Crippen LogP contribution in [0.25, 0.3) is 11.0 Å². The quantitative estimate of drug-likeness (QED) is 0.637. The molecule has 0 saturated carbocycles. The van der Waals surface area contributed by atoms with Crippen molar-refractivity contribution in [1.29, 1.82) is 0 Å². The summed E-state index contributed by atoms with van der Waals surface area (Å²) >= 11 is 0. The average Bonchev–Trinajstić information content (AvgIpc) is 3.21. The molecule has 0 unspecified atom stereocenters. The SMILES string of the molecule is FC(F)(F)c1cc2c(N[C@H]3c4ccccc4CC[C@@H]3N3CCCCC3)ncnc2[nH]1. The Hall–Kier alpha value is -2.61. The normalized spacial score (nSPS) is 22.8. The van der Waals surface area contributed by atoms with Gasteiger partial charge in [0, 0.05) is 6.04 Å². The van der Waals surface area contributed by atoms with Gasteiger partial charge in [-0.05, 0) is 56.0 Å². The number of nitrogens with zero attached hydrogens (tertiary/aromatic N) is 3. The minimum absolute atomic E-state index is 0.0320. The van der Waals surface area contributed by atoms with Crippen molar-refractivity contribution in [3.63, 3.8) is 0 Å². The van der Waals surface area contributed by atoms with Gasteiger partial charge < -0.3 is 10.3 Å². The smallest absolute Gasteiger partial charge is 0.361 e. The highest BCUT2D eigenvalue weighted by molar-refractivity contribution is 5.88. The molecule has 1 fully saturated rings. The molecule has 1 aliphatic heterocycles. The Morgan fingerprint density at radius 3 is 2.67 bits per heavy atom. The van der Waals surface area contributed by atoms with E-state index < -0.39 is 11.9 Å². The topological polar surface area (TPSA) is 56.8 Å². The number of aryl methyl sites for hydroxylation is 1. The van der Waals surface area contributed by atoms with Gasteiger partial charge in [0.25, 0.3) is 0 Å². The van der Waals surface area contributed by atoms with Crippen molar-refractivity contribution in [2.45, 2.75) is 50.4 Å². The number of piperidine rings is 1. The van der Waals surface area contributed by atoms with Gasteiger partial charge in [-0.1, -0.05) is 30.7 Å². The van der Waals surface area contributed by atoms with Crippen LogP contribution in [-0.4, -0.2) is 39.0 Å². The number of H-pyrrole nitrogens is 1. The van der Waals surface area contributed by atoms with Crippen molar-refractivity contribution in [3.8, 4) is 0 Å². The summed E-state index contributed by atoms with van der Waals surface area (Å²) in [4.78, 5) is 13.2. The lowest BCUT2D eigenvalue weighted by Gasteiger charge is -2.43. The molecule has 30 heavy (non-hydrogen) atoms. The number of halogens is 3. The second-order valence-electron chi connectivity index (χ2n) is 8.19. The standard InChI is InChI=1S/C22H24F3N5/c23-22(24,25)18-12-16-20(28-18)26-13-27-21(16)29-19-15-7-3-2-6-14(15)8-9-17(19)30-10-4-1-5-11-30/h2-3,6-7,12-13,17,19H,1,4-5,8-11H2,(H2,26,27,28,29)/t17-,19-/m0/s1. The monoisotopic (exact) mass is 415 g/mol. The van der Waals surface area contributed by atoms with Crippen LogP contribution in [0.1, 0.15) is 48.5 Å². The number of aromatic amines is 1. The van der Waals surface area contributed by atoms with E-state index in [-0.39, 0.29) is 17.7 Å². The van der Waals surface area contributed by atoms with Crippen molar-refractivity contribution in [3.05, 3.63) is 53.5 Å². The second kappa shape index (κ2) is 7.58. The second-order valence-corrected chi connectivity index (χ2v) is 8.19. The van der Waals surface area contributed by atoms with Crippen LogP contribution >= 0.6 is 0 Å². The molecule has 0 spiro atoms. The number of hydrogen-bond donors (Lipinski definition) is 2. The van der Waals surface area contributed by atoms with E-state index in [4.69, 9.17) is 0 Å². The molecule has 3 aromatic rings. The van der Waals surface area contributed by atoms with Gasteiger partial charge in [0.1, 0.15) is 23.5 Å². The predicted octanol–water partition coefficient (Wildman–Crippen LogP) is 4.93. The molecule has 0 amide bonds. The molecule has 1 aliphatic carbocycles. The van der Waals surface area contributed by atoms with Crippen LogP contribution < -0.4 is 5.32 Å². The Labute approximate surface area is 172 Å². The summed E-state index contributed by atoms with van der Waals surface area (Å²) in [7, 11) is 0. The fraction of sp³-hybridized carbons (Fsp3) is 0.455. The van der Waals surface area contributed by atoms with Gasteiger partial charge in [0.2, 0.25) is 0 Å². The van der Waals surface area contributed by atoms with E-state index in [0.717, 1.165) is 32.0 Å². The van der Waals surface area contributed by atoms with Crippen molar-refractivity contribution in [1.82, 2.24) is 19.9 Å². The molecule has 0 bridgehead atoms. The molecule has 1 aromatic carbocycles. The molecule has 0 radical (unpaired) electrons. The number of fused-ring (bicyclic) bond motifs is 2. The predicted molar refractivity (Wildman–Crippen MR) is 109 cm³/mol. The molecular formula is C22H24F3N5. The molecule has 5 rings (SSSR count). The van der Waals surface area contributed by atoms with Gasteiger partial charge in [0.15, 0.2) is 0 Å². The Kier molecular flexibility index (Phi) is 4.89. The van der Waals surface area contributed by atoms with Gasteiger partial charge in [-0.2, -0.15) is 13.2 Å². The van der Waals surface area contributed by atoms with E-state index in [9.17, 15) is 13.2 Å². The van der Waals surface area contributed by atoms with E-state index in [1.165, 1.54) is 36.7 Å². The molecule has 2 aromatic heterocycles. The fourth-order valence-corrected chi connectivity index (χ4v) is 4.91. The van der Waals surface area contributed by atoms with Crippen LogP contribution in [0.5, 0.6) is 0 Å². The zero-order valence-corrected chi connectivity index (χ0v) is 16.5. The Morgan fingerprint density at radius 1 is 1.07 bits per heavy atom. The number of benzene rings is 1. The van der Waals surface area contributed by atoms with Crippen molar-refractivity contribution >= 4 is 16.9 Å². The largest absolute Gasteiger partial charge is 0.431 e. The van der Waals surface area contributed by atoms with Crippen LogP contribution in [0.15, 0.2) is 36.7 Å². The van der Waals surface area contributed by atoms with E-state index in [1.54, 1.807) is 0 Å². The lowest BCUT2D eigenvalue weighted by molar-refractivity contribution is -0.140. The summed E-state index contributed by atoms with van der Waals surface area (Å²) in [6.45, 7) is 2.12. The molecule has 3 heterocycles. The number of rotatable bonds is 3. The Bertz CT molecular complexity index is 1040. The van der Waals surface area contributed by atoms with Crippen LogP contribution in [0, 0.1) is 0 Å². The van der Waals surface area contributed by atoms with Gasteiger partial charge in [-0.25, -0.2) is 9.97 Å². The lowest BCUT2D eigenvalue weighted by atomic mass is 9.82. The van der Waals surface area contributed by atoms with E-state index >= 15 is 0 Å². The van der Waals surface area contributed by atoms with Crippen LogP contribution in [0.4, 0.5) is 19.0 Å². The number of nitrogens with one attached hydrogen (secondary N) is 2. The third-order valence-corrected chi connectivity index (χ3v) is 6.37. The van der Waals surface area contributed by atoms with Crippen LogP contribution in [0.3, 0.4) is 0 Å². The Morgan fingerprint density at radius 2 is 1.87 bits per heavy atom. The molecule has 1 saturated heterocycles. The molecule has 2 aliphatic rings. The van der Waals surface area contributed by atoms with Gasteiger partial charge in [-0.3, -0.25) is 4.90 Å². The summed E-state index contributed by atoms with van der Waals surface area (Å²) in [5, 5.41) is 3.88. The zero-order valence-electron chi connectivity index (χ0n) is 16.5. The van der Waals surface area contributed by atoms with Crippen molar-refractivity contribution < 1.29 is 13.2 Å².